The van der Waals surface area contributed by atoms with Crippen LogP contribution in [0, 0.1) is 0 Å². The second-order valence-electron chi connectivity index (χ2n) is 4.43. The number of hydrogen-bond acceptors (Lipinski definition) is 2. The van der Waals surface area contributed by atoms with Crippen molar-refractivity contribution in [3.05, 3.63) is 34.4 Å². The summed E-state index contributed by atoms with van der Waals surface area (Å²) in [6.45, 7) is 2.64. The predicted octanol–water partition coefficient (Wildman–Crippen LogP) is 2.60. The van der Waals surface area contributed by atoms with Crippen LogP contribution in [0.4, 0.5) is 0 Å². The number of benzene rings is 1. The zero-order valence-corrected chi connectivity index (χ0v) is 11.3. The van der Waals surface area contributed by atoms with Crippen LogP contribution in [0.1, 0.15) is 11.7 Å². The Hall–Kier alpha value is -0.840. The van der Waals surface area contributed by atoms with Gasteiger partial charge in [-0.15, -0.1) is 0 Å². The molecule has 1 aromatic carbocycles. The molecular weight excluding hydrogens is 280 g/mol. The van der Waals surface area contributed by atoms with Crippen molar-refractivity contribution in [2.24, 2.45) is 7.05 Å². The number of halogens is 1. The normalized spacial score (nSPS) is 20.9. The molecular formula is C13H15BrN2O. The van der Waals surface area contributed by atoms with Gasteiger partial charge in [-0.2, -0.15) is 0 Å². The second-order valence-corrected chi connectivity index (χ2v) is 5.28. The molecule has 0 saturated carbocycles. The Balaban J connectivity index is 2.03. The number of rotatable bonds is 1. The van der Waals surface area contributed by atoms with Gasteiger partial charge in [0.25, 0.3) is 0 Å². The minimum Gasteiger partial charge on any atom is -0.371 e. The van der Waals surface area contributed by atoms with Gasteiger partial charge in [-0.25, -0.2) is 0 Å². The first-order valence-electron chi connectivity index (χ1n) is 5.82. The van der Waals surface area contributed by atoms with Gasteiger partial charge < -0.3 is 14.6 Å². The zero-order valence-electron chi connectivity index (χ0n) is 9.74. The van der Waals surface area contributed by atoms with E-state index in [9.17, 15) is 0 Å². The van der Waals surface area contributed by atoms with E-state index in [1.165, 1.54) is 16.5 Å². The summed E-state index contributed by atoms with van der Waals surface area (Å²) in [5.74, 6) is 0. The monoisotopic (exact) mass is 294 g/mol. The van der Waals surface area contributed by atoms with Crippen LogP contribution < -0.4 is 5.32 Å². The molecule has 1 saturated heterocycles. The molecule has 4 heteroatoms. The molecule has 0 bridgehead atoms. The SMILES string of the molecule is Cn1cc(Br)c2ccc(C3CNCCO3)cc21. The molecule has 1 aromatic heterocycles. The Bertz CT molecular complexity index is 544. The van der Waals surface area contributed by atoms with Crippen molar-refractivity contribution in [1.82, 2.24) is 9.88 Å². The molecule has 90 valence electrons. The van der Waals surface area contributed by atoms with Gasteiger partial charge in [0.1, 0.15) is 0 Å². The number of aromatic nitrogens is 1. The van der Waals surface area contributed by atoms with E-state index < -0.39 is 0 Å². The van der Waals surface area contributed by atoms with Crippen molar-refractivity contribution < 1.29 is 4.74 Å². The Morgan fingerprint density at radius 1 is 1.47 bits per heavy atom. The van der Waals surface area contributed by atoms with E-state index in [-0.39, 0.29) is 6.10 Å². The minimum atomic E-state index is 0.182. The smallest absolute Gasteiger partial charge is 0.0950 e. The van der Waals surface area contributed by atoms with E-state index in [2.05, 4.69) is 57.3 Å². The zero-order chi connectivity index (χ0) is 11.8. The first-order valence-corrected chi connectivity index (χ1v) is 6.62. The van der Waals surface area contributed by atoms with Gasteiger partial charge in [-0.1, -0.05) is 12.1 Å². The molecule has 1 unspecified atom stereocenters. The molecule has 1 fully saturated rings. The topological polar surface area (TPSA) is 26.2 Å². The number of aryl methyl sites for hydroxylation is 1. The summed E-state index contributed by atoms with van der Waals surface area (Å²) in [4.78, 5) is 0. The van der Waals surface area contributed by atoms with Crippen LogP contribution in [0.3, 0.4) is 0 Å². The molecule has 1 atom stereocenters. The van der Waals surface area contributed by atoms with E-state index in [4.69, 9.17) is 4.74 Å². The van der Waals surface area contributed by atoms with Crippen molar-refractivity contribution in [1.29, 1.82) is 0 Å². The van der Waals surface area contributed by atoms with Gasteiger partial charge in [0.15, 0.2) is 0 Å². The Morgan fingerprint density at radius 3 is 3.12 bits per heavy atom. The van der Waals surface area contributed by atoms with E-state index in [1.807, 2.05) is 0 Å². The molecule has 1 aliphatic heterocycles. The average Bonchev–Trinajstić information content (AvgIpc) is 2.66. The third-order valence-corrected chi connectivity index (χ3v) is 3.90. The van der Waals surface area contributed by atoms with Crippen LogP contribution in [-0.4, -0.2) is 24.3 Å². The first kappa shape index (κ1) is 11.3. The lowest BCUT2D eigenvalue weighted by Crippen LogP contribution is -2.33. The van der Waals surface area contributed by atoms with Crippen LogP contribution in [0.5, 0.6) is 0 Å². The molecule has 0 radical (unpaired) electrons. The first-order chi connectivity index (χ1) is 8.25. The fraction of sp³-hybridized carbons (Fsp3) is 0.385. The van der Waals surface area contributed by atoms with Gasteiger partial charge in [0.05, 0.1) is 12.7 Å². The lowest BCUT2D eigenvalue weighted by molar-refractivity contribution is 0.0278. The van der Waals surface area contributed by atoms with Crippen molar-refractivity contribution in [2.75, 3.05) is 19.7 Å². The molecule has 17 heavy (non-hydrogen) atoms. The van der Waals surface area contributed by atoms with E-state index in [0.717, 1.165) is 24.2 Å². The molecule has 1 N–H and O–H groups in total. The predicted molar refractivity (Wildman–Crippen MR) is 72.2 cm³/mol. The number of hydrogen-bond donors (Lipinski definition) is 1. The molecule has 2 heterocycles. The van der Waals surface area contributed by atoms with Crippen LogP contribution >= 0.6 is 15.9 Å². The maximum atomic E-state index is 5.78. The maximum absolute atomic E-state index is 5.78. The van der Waals surface area contributed by atoms with Gasteiger partial charge in [-0.3, -0.25) is 0 Å². The van der Waals surface area contributed by atoms with Crippen LogP contribution in [0.25, 0.3) is 10.9 Å². The summed E-state index contributed by atoms with van der Waals surface area (Å²) in [6, 6.07) is 6.54. The van der Waals surface area contributed by atoms with E-state index in [0.29, 0.717) is 0 Å². The van der Waals surface area contributed by atoms with Crippen molar-refractivity contribution in [3.8, 4) is 0 Å². The number of morpholine rings is 1. The second kappa shape index (κ2) is 4.44. The van der Waals surface area contributed by atoms with Crippen molar-refractivity contribution in [3.63, 3.8) is 0 Å². The molecule has 0 aliphatic carbocycles. The Morgan fingerprint density at radius 2 is 2.35 bits per heavy atom. The highest BCUT2D eigenvalue weighted by Gasteiger charge is 2.16. The lowest BCUT2D eigenvalue weighted by Gasteiger charge is -2.24. The van der Waals surface area contributed by atoms with Crippen LogP contribution in [0.2, 0.25) is 0 Å². The third kappa shape index (κ3) is 2.01. The van der Waals surface area contributed by atoms with E-state index in [1.54, 1.807) is 0 Å². The molecule has 0 spiro atoms. The minimum absolute atomic E-state index is 0.182. The van der Waals surface area contributed by atoms with Crippen LogP contribution in [0.15, 0.2) is 28.9 Å². The number of nitrogens with zero attached hydrogens (tertiary/aromatic N) is 1. The lowest BCUT2D eigenvalue weighted by atomic mass is 10.1. The van der Waals surface area contributed by atoms with E-state index >= 15 is 0 Å². The van der Waals surface area contributed by atoms with Gasteiger partial charge in [0.2, 0.25) is 0 Å². The highest BCUT2D eigenvalue weighted by molar-refractivity contribution is 9.10. The number of nitrogens with one attached hydrogen (secondary N) is 1. The van der Waals surface area contributed by atoms with Gasteiger partial charge in [0, 0.05) is 41.7 Å². The summed E-state index contributed by atoms with van der Waals surface area (Å²) in [7, 11) is 2.07. The average molecular weight is 295 g/mol. The quantitative estimate of drug-likeness (QED) is 0.875. The fourth-order valence-corrected chi connectivity index (χ4v) is 2.97. The maximum Gasteiger partial charge on any atom is 0.0950 e. The highest BCUT2D eigenvalue weighted by atomic mass is 79.9. The Labute approximate surface area is 109 Å². The standard InChI is InChI=1S/C13H15BrN2O/c1-16-8-11(14)10-3-2-9(6-12(10)16)13-7-15-4-5-17-13/h2-3,6,8,13,15H,4-5,7H2,1H3. The summed E-state index contributed by atoms with van der Waals surface area (Å²) in [5, 5.41) is 4.61. The van der Waals surface area contributed by atoms with Crippen LogP contribution in [-0.2, 0) is 11.8 Å². The Kier molecular flexibility index (Phi) is 2.94. The number of ether oxygens (including phenoxy) is 1. The van der Waals surface area contributed by atoms with Crippen molar-refractivity contribution in [2.45, 2.75) is 6.10 Å². The molecule has 2 aromatic rings. The fourth-order valence-electron chi connectivity index (χ4n) is 2.33. The summed E-state index contributed by atoms with van der Waals surface area (Å²) in [5.41, 5.74) is 2.49. The highest BCUT2D eigenvalue weighted by Crippen LogP contribution is 2.29. The summed E-state index contributed by atoms with van der Waals surface area (Å²) < 4.78 is 9.06. The van der Waals surface area contributed by atoms with Crippen molar-refractivity contribution >= 4 is 26.8 Å². The molecule has 1 aliphatic rings. The third-order valence-electron chi connectivity index (χ3n) is 3.27. The molecule has 0 amide bonds. The molecule has 3 nitrogen and oxygen atoms in total. The number of fused-ring (bicyclic) bond motifs is 1. The summed E-state index contributed by atoms with van der Waals surface area (Å²) >= 11 is 3.57. The van der Waals surface area contributed by atoms with Gasteiger partial charge >= 0.3 is 0 Å². The largest absolute Gasteiger partial charge is 0.371 e. The summed E-state index contributed by atoms with van der Waals surface area (Å²) in [6.07, 6.45) is 2.27. The van der Waals surface area contributed by atoms with Gasteiger partial charge in [-0.05, 0) is 27.6 Å². The molecule has 3 rings (SSSR count).